The van der Waals surface area contributed by atoms with Gasteiger partial charge in [0.25, 0.3) is 0 Å². The van der Waals surface area contributed by atoms with E-state index in [2.05, 4.69) is 59.8 Å². The normalized spacial score (nSPS) is 19.8. The lowest BCUT2D eigenvalue weighted by atomic mass is 9.86. The van der Waals surface area contributed by atoms with Crippen LogP contribution in [0.2, 0.25) is 5.15 Å². The van der Waals surface area contributed by atoms with Crippen LogP contribution in [0.4, 0.5) is 5.13 Å². The van der Waals surface area contributed by atoms with Crippen molar-refractivity contribution in [2.45, 2.75) is 52.5 Å². The van der Waals surface area contributed by atoms with Crippen molar-refractivity contribution in [1.29, 1.82) is 0 Å². The third-order valence-electron chi connectivity index (χ3n) is 6.87. The first-order valence-electron chi connectivity index (χ1n) is 11.8. The number of rotatable bonds is 7. The van der Waals surface area contributed by atoms with E-state index in [9.17, 15) is 0 Å². The van der Waals surface area contributed by atoms with Gasteiger partial charge in [0.2, 0.25) is 0 Å². The molecule has 4 rings (SSSR count). The molecule has 0 aliphatic carbocycles. The fraction of sp³-hybridized carbons (Fsp3) is 0.640. The summed E-state index contributed by atoms with van der Waals surface area (Å²) >= 11 is 8.27. The SMILES string of the molecule is CC(Cc1ccc(CN2CCC(C(C)C)CC2)cc1)c1sc(N2CCOCC2)nc1Cl. The minimum atomic E-state index is 0.362. The van der Waals surface area contributed by atoms with Crippen molar-refractivity contribution in [2.75, 3.05) is 44.3 Å². The zero-order chi connectivity index (χ0) is 21.8. The van der Waals surface area contributed by atoms with Crippen molar-refractivity contribution in [3.8, 4) is 0 Å². The highest BCUT2D eigenvalue weighted by atomic mass is 35.5. The summed E-state index contributed by atoms with van der Waals surface area (Å²) < 4.78 is 5.46. The second kappa shape index (κ2) is 10.7. The van der Waals surface area contributed by atoms with E-state index in [0.717, 1.165) is 56.2 Å². The van der Waals surface area contributed by atoms with E-state index in [-0.39, 0.29) is 0 Å². The van der Waals surface area contributed by atoms with Gasteiger partial charge in [-0.1, -0.05) is 56.6 Å². The van der Waals surface area contributed by atoms with E-state index in [1.807, 2.05) is 0 Å². The topological polar surface area (TPSA) is 28.6 Å². The lowest BCUT2D eigenvalue weighted by Crippen LogP contribution is -2.36. The number of morpholine rings is 1. The minimum absolute atomic E-state index is 0.362. The van der Waals surface area contributed by atoms with Gasteiger partial charge in [-0.15, -0.1) is 11.3 Å². The standard InChI is InChI=1S/C25H36ClN3OS/c1-18(2)22-8-10-28(11-9-22)17-21-6-4-20(5-7-21)16-19(3)23-24(26)27-25(31-23)29-12-14-30-15-13-29/h4-7,18-19,22H,8-17H2,1-3H3. The van der Waals surface area contributed by atoms with Gasteiger partial charge in [-0.25, -0.2) is 4.98 Å². The number of benzene rings is 1. The predicted octanol–water partition coefficient (Wildman–Crippen LogP) is 5.85. The molecule has 3 heterocycles. The van der Waals surface area contributed by atoms with Gasteiger partial charge in [0.05, 0.1) is 13.2 Å². The van der Waals surface area contributed by atoms with Crippen LogP contribution >= 0.6 is 22.9 Å². The van der Waals surface area contributed by atoms with Crippen molar-refractivity contribution >= 4 is 28.1 Å². The molecule has 2 fully saturated rings. The summed E-state index contributed by atoms with van der Waals surface area (Å²) in [5.41, 5.74) is 2.79. The Bertz CT molecular complexity index is 824. The largest absolute Gasteiger partial charge is 0.378 e. The van der Waals surface area contributed by atoms with E-state index in [0.29, 0.717) is 11.1 Å². The molecule has 170 valence electrons. The van der Waals surface area contributed by atoms with Gasteiger partial charge in [-0.05, 0) is 61.2 Å². The van der Waals surface area contributed by atoms with Crippen molar-refractivity contribution < 1.29 is 4.74 Å². The molecular formula is C25H36ClN3OS. The molecule has 0 amide bonds. The van der Waals surface area contributed by atoms with E-state index in [4.69, 9.17) is 16.3 Å². The Morgan fingerprint density at radius 1 is 1.03 bits per heavy atom. The van der Waals surface area contributed by atoms with Crippen LogP contribution in [-0.2, 0) is 17.7 Å². The second-order valence-electron chi connectivity index (χ2n) is 9.53. The molecule has 2 aliphatic heterocycles. The zero-order valence-electron chi connectivity index (χ0n) is 19.1. The monoisotopic (exact) mass is 461 g/mol. The summed E-state index contributed by atoms with van der Waals surface area (Å²) in [6.07, 6.45) is 3.68. The van der Waals surface area contributed by atoms with Crippen LogP contribution in [0.3, 0.4) is 0 Å². The van der Waals surface area contributed by atoms with Gasteiger partial charge in [-0.3, -0.25) is 4.90 Å². The maximum atomic E-state index is 6.52. The maximum Gasteiger partial charge on any atom is 0.187 e. The molecule has 31 heavy (non-hydrogen) atoms. The maximum absolute atomic E-state index is 6.52. The quantitative estimate of drug-likeness (QED) is 0.517. The van der Waals surface area contributed by atoms with Crippen LogP contribution < -0.4 is 4.90 Å². The fourth-order valence-corrected chi connectivity index (χ4v) is 6.25. The summed E-state index contributed by atoms with van der Waals surface area (Å²) in [5.74, 6) is 2.09. The predicted molar refractivity (Wildman–Crippen MR) is 132 cm³/mol. The summed E-state index contributed by atoms with van der Waals surface area (Å²) in [4.78, 5) is 10.7. The molecule has 0 saturated carbocycles. The Hall–Kier alpha value is -1.14. The number of piperidine rings is 1. The zero-order valence-corrected chi connectivity index (χ0v) is 20.7. The van der Waals surface area contributed by atoms with Crippen LogP contribution in [0.25, 0.3) is 0 Å². The van der Waals surface area contributed by atoms with E-state index >= 15 is 0 Å². The van der Waals surface area contributed by atoms with E-state index in [1.54, 1.807) is 11.3 Å². The number of nitrogens with zero attached hydrogens (tertiary/aromatic N) is 3. The molecular weight excluding hydrogens is 426 g/mol. The lowest BCUT2D eigenvalue weighted by molar-refractivity contribution is 0.122. The van der Waals surface area contributed by atoms with Gasteiger partial charge in [0.15, 0.2) is 5.13 Å². The molecule has 1 unspecified atom stereocenters. The van der Waals surface area contributed by atoms with Crippen LogP contribution in [0.1, 0.15) is 55.5 Å². The van der Waals surface area contributed by atoms with E-state index < -0.39 is 0 Å². The van der Waals surface area contributed by atoms with Gasteiger partial charge < -0.3 is 9.64 Å². The number of thiazole rings is 1. The van der Waals surface area contributed by atoms with Gasteiger partial charge in [0, 0.05) is 24.5 Å². The van der Waals surface area contributed by atoms with Crippen molar-refractivity contribution in [3.05, 3.63) is 45.4 Å². The van der Waals surface area contributed by atoms with Crippen molar-refractivity contribution in [3.63, 3.8) is 0 Å². The lowest BCUT2D eigenvalue weighted by Gasteiger charge is -2.33. The Morgan fingerprint density at radius 2 is 1.68 bits per heavy atom. The van der Waals surface area contributed by atoms with Crippen molar-refractivity contribution in [2.24, 2.45) is 11.8 Å². The van der Waals surface area contributed by atoms with Crippen LogP contribution in [0, 0.1) is 11.8 Å². The Labute approximate surface area is 196 Å². The molecule has 2 saturated heterocycles. The average Bonchev–Trinajstić information content (AvgIpc) is 3.18. The highest BCUT2D eigenvalue weighted by Gasteiger charge is 2.22. The number of halogens is 1. The first-order valence-corrected chi connectivity index (χ1v) is 13.0. The average molecular weight is 462 g/mol. The highest BCUT2D eigenvalue weighted by molar-refractivity contribution is 7.16. The van der Waals surface area contributed by atoms with Crippen LogP contribution in [0.15, 0.2) is 24.3 Å². The molecule has 0 N–H and O–H groups in total. The number of likely N-dealkylation sites (tertiary alicyclic amines) is 1. The van der Waals surface area contributed by atoms with Crippen LogP contribution in [-0.4, -0.2) is 49.3 Å². The number of ether oxygens (including phenoxy) is 1. The Balaban J connectivity index is 1.31. The number of anilines is 1. The fourth-order valence-electron chi connectivity index (χ4n) is 4.76. The van der Waals surface area contributed by atoms with E-state index in [1.165, 1.54) is 41.9 Å². The summed E-state index contributed by atoms with van der Waals surface area (Å²) in [7, 11) is 0. The minimum Gasteiger partial charge on any atom is -0.378 e. The molecule has 1 atom stereocenters. The first kappa shape index (κ1) is 23.0. The molecule has 0 radical (unpaired) electrons. The van der Waals surface area contributed by atoms with Gasteiger partial charge in [0.1, 0.15) is 5.15 Å². The van der Waals surface area contributed by atoms with Gasteiger partial charge in [-0.2, -0.15) is 0 Å². The summed E-state index contributed by atoms with van der Waals surface area (Å²) in [6, 6.07) is 9.21. The molecule has 1 aromatic heterocycles. The second-order valence-corrected chi connectivity index (χ2v) is 10.9. The third-order valence-corrected chi connectivity index (χ3v) is 8.62. The number of hydrogen-bond acceptors (Lipinski definition) is 5. The van der Waals surface area contributed by atoms with Crippen LogP contribution in [0.5, 0.6) is 0 Å². The number of aromatic nitrogens is 1. The molecule has 2 aliphatic rings. The summed E-state index contributed by atoms with van der Waals surface area (Å²) in [5, 5.41) is 1.70. The molecule has 1 aromatic carbocycles. The Morgan fingerprint density at radius 3 is 2.32 bits per heavy atom. The number of hydrogen-bond donors (Lipinski definition) is 0. The van der Waals surface area contributed by atoms with Crippen molar-refractivity contribution in [1.82, 2.24) is 9.88 Å². The summed E-state index contributed by atoms with van der Waals surface area (Å²) in [6.45, 7) is 13.9. The molecule has 2 aromatic rings. The molecule has 6 heteroatoms. The molecule has 0 spiro atoms. The Kier molecular flexibility index (Phi) is 7.91. The molecule has 0 bridgehead atoms. The first-order chi connectivity index (χ1) is 15.0. The third kappa shape index (κ3) is 6.01. The highest BCUT2D eigenvalue weighted by Crippen LogP contribution is 2.37. The van der Waals surface area contributed by atoms with Gasteiger partial charge >= 0.3 is 0 Å². The smallest absolute Gasteiger partial charge is 0.187 e. The molecule has 4 nitrogen and oxygen atoms in total.